The van der Waals surface area contributed by atoms with Crippen molar-refractivity contribution in [1.82, 2.24) is 23.7 Å². The second-order valence-corrected chi connectivity index (χ2v) is 10.5. The molecule has 3 aromatic heterocycles. The molecule has 2 atom stereocenters. The van der Waals surface area contributed by atoms with Gasteiger partial charge in [0.05, 0.1) is 22.4 Å². The topological polar surface area (TPSA) is 133 Å². The lowest BCUT2D eigenvalue weighted by molar-refractivity contribution is 0.495. The molecule has 3 aromatic rings. The van der Waals surface area contributed by atoms with Crippen LogP contribution in [0.15, 0.2) is 45.8 Å². The molecule has 0 bridgehead atoms. The van der Waals surface area contributed by atoms with Gasteiger partial charge in [0.1, 0.15) is 5.88 Å². The summed E-state index contributed by atoms with van der Waals surface area (Å²) in [4.78, 5) is 37.5. The third-order valence-electron chi connectivity index (χ3n) is 6.01. The first-order valence-electron chi connectivity index (χ1n) is 11.6. The maximum Gasteiger partial charge on any atom is 0.333 e. The van der Waals surface area contributed by atoms with Gasteiger partial charge >= 0.3 is 5.69 Å². The van der Waals surface area contributed by atoms with E-state index in [1.54, 1.807) is 31.6 Å². The Bertz CT molecular complexity index is 1370. The summed E-state index contributed by atoms with van der Waals surface area (Å²) in [7, 11) is 0.0638. The van der Waals surface area contributed by atoms with Gasteiger partial charge in [-0.25, -0.2) is 9.36 Å². The predicted molar refractivity (Wildman–Crippen MR) is 139 cm³/mol. The third-order valence-corrected chi connectivity index (χ3v) is 7.02. The van der Waals surface area contributed by atoms with E-state index in [1.807, 2.05) is 24.5 Å². The summed E-state index contributed by atoms with van der Waals surface area (Å²) in [5.41, 5.74) is 7.59. The van der Waals surface area contributed by atoms with Gasteiger partial charge in [0, 0.05) is 45.1 Å². The van der Waals surface area contributed by atoms with Gasteiger partial charge in [0.15, 0.2) is 11.2 Å². The summed E-state index contributed by atoms with van der Waals surface area (Å²) in [6.07, 6.45) is 7.14. The van der Waals surface area contributed by atoms with E-state index in [2.05, 4.69) is 15.2 Å². The predicted octanol–water partition coefficient (Wildman–Crippen LogP) is 0.961. The first kappa shape index (κ1) is 24.9. The summed E-state index contributed by atoms with van der Waals surface area (Å²) in [5, 5.41) is 3.02. The van der Waals surface area contributed by atoms with Crippen molar-refractivity contribution in [3.63, 3.8) is 0 Å². The number of aryl methyl sites for hydroxylation is 1. The molecule has 1 fully saturated rings. The Hall–Kier alpha value is -3.25. The number of imidazole rings is 1. The quantitative estimate of drug-likeness (QED) is 0.437. The number of allylic oxidation sites excluding steroid dienone is 2. The van der Waals surface area contributed by atoms with Crippen molar-refractivity contribution in [1.29, 1.82) is 0 Å². The van der Waals surface area contributed by atoms with E-state index in [0.29, 0.717) is 35.9 Å². The summed E-state index contributed by atoms with van der Waals surface area (Å²) in [5.74, 6) is 0.469. The largest absolute Gasteiger partial charge is 0.372 e. The smallest absolute Gasteiger partial charge is 0.333 e. The molecule has 1 aliphatic heterocycles. The van der Waals surface area contributed by atoms with E-state index in [4.69, 9.17) is 10.7 Å². The fourth-order valence-electron chi connectivity index (χ4n) is 4.17. The van der Waals surface area contributed by atoms with Crippen LogP contribution in [0.5, 0.6) is 0 Å². The number of nitrogens with two attached hydrogens (primary N) is 1. The zero-order chi connectivity index (χ0) is 25.1. The molecule has 11 nitrogen and oxygen atoms in total. The summed E-state index contributed by atoms with van der Waals surface area (Å²) in [6, 6.07) is 3.59. The number of anilines is 2. The van der Waals surface area contributed by atoms with Crippen LogP contribution in [0.1, 0.15) is 26.7 Å². The van der Waals surface area contributed by atoms with Crippen LogP contribution in [-0.4, -0.2) is 52.9 Å². The lowest BCUT2D eigenvalue weighted by Crippen LogP contribution is -2.44. The highest BCUT2D eigenvalue weighted by atomic mass is 32.2. The fraction of sp³-hybridized carbons (Fsp3) is 0.478. The molecule has 12 heteroatoms. The monoisotopic (exact) mass is 500 g/mol. The molecule has 1 saturated heterocycles. The zero-order valence-corrected chi connectivity index (χ0v) is 21.1. The van der Waals surface area contributed by atoms with E-state index < -0.39 is 22.0 Å². The Morgan fingerprint density at radius 2 is 2.11 bits per heavy atom. The molecule has 188 valence electrons. The third kappa shape index (κ3) is 5.38. The molecule has 0 aliphatic carbocycles. The lowest BCUT2D eigenvalue weighted by Gasteiger charge is -2.31. The van der Waals surface area contributed by atoms with Crippen LogP contribution in [0.3, 0.4) is 0 Å². The van der Waals surface area contributed by atoms with Crippen molar-refractivity contribution in [3.05, 3.63) is 57.0 Å². The summed E-state index contributed by atoms with van der Waals surface area (Å²) < 4.78 is 17.0. The molecule has 2 unspecified atom stereocenters. The minimum absolute atomic E-state index is 0.0238. The molecular weight excluding hydrogens is 468 g/mol. The number of hydrogen-bond donors (Lipinski definition) is 2. The number of fused-ring (bicyclic) bond motifs is 1. The molecular formula is C23H32N8O3S. The second kappa shape index (κ2) is 10.6. The summed E-state index contributed by atoms with van der Waals surface area (Å²) >= 11 is 0. The molecule has 1 aliphatic rings. The van der Waals surface area contributed by atoms with Crippen molar-refractivity contribution in [2.75, 3.05) is 29.2 Å². The average Bonchev–Trinajstić information content (AvgIpc) is 3.23. The molecule has 35 heavy (non-hydrogen) atoms. The molecule has 0 aromatic carbocycles. The van der Waals surface area contributed by atoms with Crippen LogP contribution < -0.4 is 27.2 Å². The van der Waals surface area contributed by atoms with Crippen LogP contribution in [0.25, 0.3) is 11.2 Å². The number of pyridine rings is 1. The maximum atomic E-state index is 13.6. The normalized spacial score (nSPS) is 16.9. The fourth-order valence-corrected chi connectivity index (χ4v) is 5.11. The van der Waals surface area contributed by atoms with Crippen molar-refractivity contribution in [3.8, 4) is 0 Å². The van der Waals surface area contributed by atoms with Gasteiger partial charge in [-0.3, -0.25) is 18.6 Å². The van der Waals surface area contributed by atoms with E-state index >= 15 is 0 Å². The van der Waals surface area contributed by atoms with Gasteiger partial charge < -0.3 is 20.5 Å². The lowest BCUT2D eigenvalue weighted by atomic mass is 10.1. The van der Waals surface area contributed by atoms with Crippen LogP contribution >= 0.6 is 0 Å². The first-order chi connectivity index (χ1) is 16.8. The van der Waals surface area contributed by atoms with Gasteiger partial charge in [-0.15, -0.1) is 0 Å². The molecule has 4 rings (SSSR count). The minimum atomic E-state index is -1.52. The van der Waals surface area contributed by atoms with Gasteiger partial charge in [0.2, 0.25) is 5.95 Å². The Balaban J connectivity index is 1.74. The Morgan fingerprint density at radius 1 is 1.31 bits per heavy atom. The number of hydrogen-bond acceptors (Lipinski definition) is 8. The summed E-state index contributed by atoms with van der Waals surface area (Å²) in [6.45, 7) is 5.81. The van der Waals surface area contributed by atoms with E-state index in [-0.39, 0.29) is 17.8 Å². The van der Waals surface area contributed by atoms with E-state index in [1.165, 1.54) is 4.57 Å². The standard InChI is InChI=1S/C23H32N8O3S/c1-16(2)8-11-30-19-20(27-22(30)29-10-5-6-17(24)13-29)28(3)23(33)31(21(19)32)15-35(34)14-26-18-7-4-9-25-12-18/h4,7-9,12,17,26H,5-6,10-11,13-15,24H2,1-3H3. The van der Waals surface area contributed by atoms with Crippen LogP contribution in [0.2, 0.25) is 0 Å². The number of nitrogens with zero attached hydrogens (tertiary/aromatic N) is 6. The Labute approximate surface area is 205 Å². The van der Waals surface area contributed by atoms with E-state index in [9.17, 15) is 13.8 Å². The van der Waals surface area contributed by atoms with Gasteiger partial charge in [-0.2, -0.15) is 4.98 Å². The maximum absolute atomic E-state index is 13.6. The molecule has 0 amide bonds. The number of nitrogens with one attached hydrogen (secondary N) is 1. The van der Waals surface area contributed by atoms with Gasteiger partial charge in [-0.1, -0.05) is 11.6 Å². The van der Waals surface area contributed by atoms with Crippen LogP contribution in [0.4, 0.5) is 11.6 Å². The van der Waals surface area contributed by atoms with Gasteiger partial charge in [-0.05, 0) is 38.8 Å². The number of aromatic nitrogens is 5. The van der Waals surface area contributed by atoms with Crippen molar-refractivity contribution in [2.45, 2.75) is 45.2 Å². The highest BCUT2D eigenvalue weighted by Crippen LogP contribution is 2.23. The first-order valence-corrected chi connectivity index (χ1v) is 13.1. The SMILES string of the molecule is CC(C)=CCn1c(N2CCCC(N)C2)nc2c1c(=O)n(CS(=O)CNc1cccnc1)c(=O)n2C. The van der Waals surface area contributed by atoms with E-state index in [0.717, 1.165) is 29.5 Å². The van der Waals surface area contributed by atoms with Crippen LogP contribution in [0, 0.1) is 0 Å². The molecule has 0 radical (unpaired) electrons. The van der Waals surface area contributed by atoms with Gasteiger partial charge in [0.25, 0.3) is 5.56 Å². The van der Waals surface area contributed by atoms with Crippen LogP contribution in [-0.2, 0) is 30.3 Å². The number of rotatable bonds is 8. The molecule has 4 heterocycles. The molecule has 3 N–H and O–H groups in total. The van der Waals surface area contributed by atoms with Crippen molar-refractivity contribution < 1.29 is 4.21 Å². The Morgan fingerprint density at radius 3 is 2.80 bits per heavy atom. The average molecular weight is 501 g/mol. The highest BCUT2D eigenvalue weighted by Gasteiger charge is 2.26. The molecule has 0 saturated carbocycles. The second-order valence-electron chi connectivity index (χ2n) is 9.03. The van der Waals surface area contributed by atoms with Crippen molar-refractivity contribution in [2.24, 2.45) is 12.8 Å². The zero-order valence-electron chi connectivity index (χ0n) is 20.3. The molecule has 0 spiro atoms. The van der Waals surface area contributed by atoms with Crippen molar-refractivity contribution >= 4 is 33.6 Å². The Kier molecular flexibility index (Phi) is 7.51. The number of piperidine rings is 1. The minimum Gasteiger partial charge on any atom is -0.372 e. The highest BCUT2D eigenvalue weighted by molar-refractivity contribution is 7.84.